The zero-order valence-corrected chi connectivity index (χ0v) is 16.0. The Balaban J connectivity index is 1.46. The molecule has 2 aromatic heterocycles. The smallest absolute Gasteiger partial charge is 0.165 e. The van der Waals surface area contributed by atoms with Gasteiger partial charge in [-0.3, -0.25) is 0 Å². The maximum Gasteiger partial charge on any atom is 0.165 e. The van der Waals surface area contributed by atoms with Crippen LogP contribution in [-0.2, 0) is 11.3 Å². The molecule has 2 aliphatic rings. The SMILES string of the molecule is COc1ccc(CO[C@H]2C(O)[C@]3(CO)CC3[C@H]2n2cnc3c(N)ncnc32)cc1. The fourth-order valence-corrected chi connectivity index (χ4v) is 4.71. The van der Waals surface area contributed by atoms with E-state index >= 15 is 0 Å². The largest absolute Gasteiger partial charge is 0.497 e. The minimum atomic E-state index is -0.780. The average Bonchev–Trinajstić information content (AvgIpc) is 3.25. The summed E-state index contributed by atoms with van der Waals surface area (Å²) in [6.45, 7) is 0.252. The molecule has 0 amide bonds. The van der Waals surface area contributed by atoms with E-state index in [1.54, 1.807) is 13.4 Å². The maximum absolute atomic E-state index is 11.0. The summed E-state index contributed by atoms with van der Waals surface area (Å²) in [5, 5.41) is 21.0. The number of benzene rings is 1. The molecule has 5 rings (SSSR count). The van der Waals surface area contributed by atoms with Gasteiger partial charge < -0.3 is 30.0 Å². The minimum Gasteiger partial charge on any atom is -0.497 e. The number of anilines is 1. The number of ether oxygens (including phenoxy) is 2. The van der Waals surface area contributed by atoms with E-state index in [2.05, 4.69) is 15.0 Å². The first-order valence-corrected chi connectivity index (χ1v) is 9.55. The number of nitrogens with zero attached hydrogens (tertiary/aromatic N) is 4. The summed E-state index contributed by atoms with van der Waals surface area (Å²) >= 11 is 0. The van der Waals surface area contributed by atoms with E-state index in [9.17, 15) is 10.2 Å². The van der Waals surface area contributed by atoms with Crippen LogP contribution in [0.2, 0.25) is 0 Å². The fourth-order valence-electron chi connectivity index (χ4n) is 4.71. The summed E-state index contributed by atoms with van der Waals surface area (Å²) in [4.78, 5) is 12.7. The van der Waals surface area contributed by atoms with Gasteiger partial charge in [0, 0.05) is 5.41 Å². The molecule has 2 unspecified atom stereocenters. The number of fused-ring (bicyclic) bond motifs is 2. The Morgan fingerprint density at radius 1 is 1.24 bits per heavy atom. The Bertz CT molecular complexity index is 1040. The van der Waals surface area contributed by atoms with Crippen LogP contribution in [0.5, 0.6) is 5.75 Å². The van der Waals surface area contributed by atoms with Crippen LogP contribution < -0.4 is 10.5 Å². The lowest BCUT2D eigenvalue weighted by atomic mass is 10.00. The van der Waals surface area contributed by atoms with Gasteiger partial charge in [0.25, 0.3) is 0 Å². The third-order valence-electron chi connectivity index (χ3n) is 6.43. The van der Waals surface area contributed by atoms with Crippen LogP contribution >= 0.6 is 0 Å². The number of nitrogen functional groups attached to an aromatic ring is 1. The molecule has 5 atom stereocenters. The second-order valence-electron chi connectivity index (χ2n) is 7.84. The maximum atomic E-state index is 11.0. The van der Waals surface area contributed by atoms with Crippen molar-refractivity contribution in [1.82, 2.24) is 19.5 Å². The molecule has 9 heteroatoms. The molecule has 2 fully saturated rings. The zero-order valence-electron chi connectivity index (χ0n) is 16.0. The molecule has 29 heavy (non-hydrogen) atoms. The Labute approximate surface area is 167 Å². The van der Waals surface area contributed by atoms with Gasteiger partial charge in [0.1, 0.15) is 23.7 Å². The van der Waals surface area contributed by atoms with Crippen molar-refractivity contribution in [1.29, 1.82) is 0 Å². The molecule has 1 aromatic carbocycles. The van der Waals surface area contributed by atoms with Crippen molar-refractivity contribution >= 4 is 17.0 Å². The molecule has 9 nitrogen and oxygen atoms in total. The molecule has 0 spiro atoms. The van der Waals surface area contributed by atoms with Gasteiger partial charge in [-0.05, 0) is 30.0 Å². The number of hydrogen-bond donors (Lipinski definition) is 3. The summed E-state index contributed by atoms with van der Waals surface area (Å²) in [6, 6.07) is 7.40. The third-order valence-corrected chi connectivity index (χ3v) is 6.43. The second-order valence-corrected chi connectivity index (χ2v) is 7.84. The number of aliphatic hydroxyl groups is 2. The van der Waals surface area contributed by atoms with Gasteiger partial charge in [0.2, 0.25) is 0 Å². The van der Waals surface area contributed by atoms with E-state index < -0.39 is 17.6 Å². The Morgan fingerprint density at radius 3 is 2.76 bits per heavy atom. The van der Waals surface area contributed by atoms with E-state index in [-0.39, 0.29) is 18.6 Å². The van der Waals surface area contributed by atoms with Gasteiger partial charge in [-0.25, -0.2) is 15.0 Å². The molecule has 2 aliphatic carbocycles. The zero-order chi connectivity index (χ0) is 20.2. The molecule has 152 valence electrons. The van der Waals surface area contributed by atoms with Crippen LogP contribution in [0.15, 0.2) is 36.9 Å². The highest BCUT2D eigenvalue weighted by Gasteiger charge is 2.71. The molecule has 4 N–H and O–H groups in total. The topological polar surface area (TPSA) is 129 Å². The fraction of sp³-hybridized carbons (Fsp3) is 0.450. The van der Waals surface area contributed by atoms with Crippen molar-refractivity contribution in [3.8, 4) is 5.75 Å². The number of hydrogen-bond acceptors (Lipinski definition) is 8. The van der Waals surface area contributed by atoms with Gasteiger partial charge in [-0.2, -0.15) is 0 Å². The average molecular weight is 397 g/mol. The molecule has 2 saturated carbocycles. The van der Waals surface area contributed by atoms with Crippen LogP contribution in [0.25, 0.3) is 11.2 Å². The first-order chi connectivity index (χ1) is 14.1. The molecular weight excluding hydrogens is 374 g/mol. The number of imidazole rings is 1. The Hall–Kier alpha value is -2.75. The van der Waals surface area contributed by atoms with Crippen molar-refractivity contribution < 1.29 is 19.7 Å². The standard InChI is InChI=1S/C20H23N5O4/c1-28-12-4-2-11(3-5-12)7-29-16-15(13-6-20(13,8-26)17(16)27)25-10-24-14-18(21)22-9-23-19(14)25/h2-5,9-10,13,15-17,26-27H,6-8H2,1H3,(H2,21,22,23)/t13?,15-,16-,17?,20+/m1/s1. The van der Waals surface area contributed by atoms with Gasteiger partial charge >= 0.3 is 0 Å². The number of rotatable bonds is 6. The van der Waals surface area contributed by atoms with Crippen molar-refractivity contribution in [2.24, 2.45) is 11.3 Å². The minimum absolute atomic E-state index is 0.0805. The van der Waals surface area contributed by atoms with E-state index in [1.807, 2.05) is 28.8 Å². The van der Waals surface area contributed by atoms with E-state index in [0.717, 1.165) is 17.7 Å². The van der Waals surface area contributed by atoms with Gasteiger partial charge in [-0.15, -0.1) is 0 Å². The summed E-state index contributed by atoms with van der Waals surface area (Å²) in [7, 11) is 1.62. The lowest BCUT2D eigenvalue weighted by Crippen LogP contribution is -2.37. The van der Waals surface area contributed by atoms with Crippen molar-refractivity contribution in [3.63, 3.8) is 0 Å². The molecule has 0 aliphatic heterocycles. The van der Waals surface area contributed by atoms with Crippen LogP contribution in [0.1, 0.15) is 18.0 Å². The predicted molar refractivity (Wildman–Crippen MR) is 104 cm³/mol. The normalized spacial score (nSPS) is 30.4. The Morgan fingerprint density at radius 2 is 2.03 bits per heavy atom. The molecule has 2 heterocycles. The van der Waals surface area contributed by atoms with Crippen LogP contribution in [0.3, 0.4) is 0 Å². The Kier molecular flexibility index (Phi) is 4.19. The van der Waals surface area contributed by atoms with Crippen molar-refractivity contribution in [2.45, 2.75) is 31.3 Å². The molecular formula is C20H23N5O4. The van der Waals surface area contributed by atoms with Crippen molar-refractivity contribution in [2.75, 3.05) is 19.5 Å². The van der Waals surface area contributed by atoms with Crippen molar-refractivity contribution in [3.05, 3.63) is 42.5 Å². The number of nitrogens with two attached hydrogens (primary N) is 1. The lowest BCUT2D eigenvalue weighted by Gasteiger charge is -2.28. The molecule has 0 bridgehead atoms. The highest BCUT2D eigenvalue weighted by molar-refractivity contribution is 5.81. The van der Waals surface area contributed by atoms with Crippen LogP contribution in [0, 0.1) is 11.3 Å². The second kappa shape index (κ2) is 6.65. The number of methoxy groups -OCH3 is 1. The summed E-state index contributed by atoms with van der Waals surface area (Å²) < 4.78 is 13.3. The summed E-state index contributed by atoms with van der Waals surface area (Å²) in [6.07, 6.45) is 2.52. The van der Waals surface area contributed by atoms with Crippen LogP contribution in [-0.4, -0.2) is 55.7 Å². The predicted octanol–water partition coefficient (Wildman–Crippen LogP) is 0.917. The van der Waals surface area contributed by atoms with Gasteiger partial charge in [0.15, 0.2) is 11.5 Å². The first kappa shape index (κ1) is 18.3. The number of aromatic nitrogens is 4. The quantitative estimate of drug-likeness (QED) is 0.560. The summed E-state index contributed by atoms with van der Waals surface area (Å²) in [5.41, 5.74) is 7.49. The third kappa shape index (κ3) is 2.69. The highest BCUT2D eigenvalue weighted by Crippen LogP contribution is 2.68. The van der Waals surface area contributed by atoms with Crippen LogP contribution in [0.4, 0.5) is 5.82 Å². The molecule has 0 radical (unpaired) electrons. The van der Waals surface area contributed by atoms with Gasteiger partial charge in [0.05, 0.1) is 38.8 Å². The first-order valence-electron chi connectivity index (χ1n) is 9.55. The molecule has 0 saturated heterocycles. The monoisotopic (exact) mass is 397 g/mol. The summed E-state index contributed by atoms with van der Waals surface area (Å²) in [5.74, 6) is 1.17. The molecule has 3 aromatic rings. The van der Waals surface area contributed by atoms with Gasteiger partial charge in [-0.1, -0.05) is 12.1 Å². The van der Waals surface area contributed by atoms with E-state index in [0.29, 0.717) is 23.6 Å². The van der Waals surface area contributed by atoms with E-state index in [1.165, 1.54) is 6.33 Å². The van der Waals surface area contributed by atoms with E-state index in [4.69, 9.17) is 15.2 Å². The number of aliphatic hydroxyl groups excluding tert-OH is 2. The lowest BCUT2D eigenvalue weighted by molar-refractivity contribution is -0.0784. The highest BCUT2D eigenvalue weighted by atomic mass is 16.5.